The van der Waals surface area contributed by atoms with Crippen LogP contribution in [0.15, 0.2) is 24.3 Å². The molecule has 0 aliphatic heterocycles. The highest BCUT2D eigenvalue weighted by molar-refractivity contribution is 7.77. The van der Waals surface area contributed by atoms with Crippen LogP contribution in [0.4, 0.5) is 0 Å². The van der Waals surface area contributed by atoms with Crippen molar-refractivity contribution in [1.82, 2.24) is 4.72 Å². The first-order valence-electron chi connectivity index (χ1n) is 12.3. The van der Waals surface area contributed by atoms with E-state index < -0.39 is 11.3 Å². The van der Waals surface area contributed by atoms with E-state index in [0.29, 0.717) is 13.2 Å². The van der Waals surface area contributed by atoms with E-state index in [0.717, 1.165) is 25.0 Å². The SMILES string of the molecule is CCCCCCCCCCCCCCCc1cccc(OCCCCNS(=O)O)c1. The number of unbranched alkanes of at least 4 members (excludes halogenated alkanes) is 13. The molecule has 0 radical (unpaired) electrons. The normalized spacial score (nSPS) is 12.2. The highest BCUT2D eigenvalue weighted by Gasteiger charge is 1.99. The third-order valence-electron chi connectivity index (χ3n) is 5.53. The summed E-state index contributed by atoms with van der Waals surface area (Å²) in [6.07, 6.45) is 20.9. The lowest BCUT2D eigenvalue weighted by molar-refractivity contribution is 0.306. The highest BCUT2D eigenvalue weighted by atomic mass is 32.2. The second-order valence-corrected chi connectivity index (χ2v) is 9.13. The van der Waals surface area contributed by atoms with Crippen LogP contribution in [0.1, 0.15) is 109 Å². The van der Waals surface area contributed by atoms with Gasteiger partial charge in [0.2, 0.25) is 11.3 Å². The summed E-state index contributed by atoms with van der Waals surface area (Å²) in [6, 6.07) is 8.42. The average molecular weight is 440 g/mol. The predicted molar refractivity (Wildman–Crippen MR) is 129 cm³/mol. The van der Waals surface area contributed by atoms with Gasteiger partial charge >= 0.3 is 0 Å². The van der Waals surface area contributed by atoms with E-state index in [-0.39, 0.29) is 0 Å². The van der Waals surface area contributed by atoms with Crippen LogP contribution in [0.25, 0.3) is 0 Å². The van der Waals surface area contributed by atoms with Crippen LogP contribution < -0.4 is 9.46 Å². The molecule has 5 heteroatoms. The van der Waals surface area contributed by atoms with Gasteiger partial charge in [0.25, 0.3) is 0 Å². The van der Waals surface area contributed by atoms with Gasteiger partial charge in [-0.25, -0.2) is 8.93 Å². The third-order valence-corrected chi connectivity index (χ3v) is 5.98. The molecule has 0 spiro atoms. The number of nitrogens with one attached hydrogen (secondary N) is 1. The first kappa shape index (κ1) is 27.1. The van der Waals surface area contributed by atoms with Crippen molar-refractivity contribution in [2.45, 2.75) is 110 Å². The average Bonchev–Trinajstić information content (AvgIpc) is 2.74. The minimum Gasteiger partial charge on any atom is -0.494 e. The Labute approximate surface area is 188 Å². The summed E-state index contributed by atoms with van der Waals surface area (Å²) in [5, 5.41) is 0. The lowest BCUT2D eigenvalue weighted by atomic mass is 10.0. The summed E-state index contributed by atoms with van der Waals surface area (Å²) in [5.41, 5.74) is 1.35. The van der Waals surface area contributed by atoms with Crippen LogP contribution in [-0.2, 0) is 17.7 Å². The summed E-state index contributed by atoms with van der Waals surface area (Å²) < 4.78 is 27.4. The molecule has 0 fully saturated rings. The van der Waals surface area contributed by atoms with Crippen molar-refractivity contribution < 1.29 is 13.5 Å². The highest BCUT2D eigenvalue weighted by Crippen LogP contribution is 2.17. The second kappa shape index (κ2) is 20.0. The summed E-state index contributed by atoms with van der Waals surface area (Å²) >= 11 is -1.91. The summed E-state index contributed by atoms with van der Waals surface area (Å²) in [6.45, 7) is 3.45. The lowest BCUT2D eigenvalue weighted by Crippen LogP contribution is -2.17. The summed E-state index contributed by atoms with van der Waals surface area (Å²) in [4.78, 5) is 0. The molecule has 0 saturated carbocycles. The molecule has 0 aliphatic rings. The zero-order valence-corrected chi connectivity index (χ0v) is 20.0. The van der Waals surface area contributed by atoms with Crippen LogP contribution in [-0.4, -0.2) is 21.9 Å². The maximum absolute atomic E-state index is 10.5. The molecule has 0 heterocycles. The monoisotopic (exact) mass is 439 g/mol. The third kappa shape index (κ3) is 16.8. The Morgan fingerprint density at radius 3 is 2.03 bits per heavy atom. The van der Waals surface area contributed by atoms with Gasteiger partial charge in [-0.1, -0.05) is 96.1 Å². The van der Waals surface area contributed by atoms with E-state index in [1.165, 1.54) is 89.0 Å². The van der Waals surface area contributed by atoms with Crippen molar-refractivity contribution in [2.24, 2.45) is 0 Å². The number of rotatable bonds is 21. The summed E-state index contributed by atoms with van der Waals surface area (Å²) in [7, 11) is 0. The van der Waals surface area contributed by atoms with E-state index in [4.69, 9.17) is 9.29 Å². The quantitative estimate of drug-likeness (QED) is 0.157. The van der Waals surface area contributed by atoms with Crippen molar-refractivity contribution in [3.8, 4) is 5.75 Å². The number of hydrogen-bond acceptors (Lipinski definition) is 2. The van der Waals surface area contributed by atoms with Gasteiger partial charge in [-0.2, -0.15) is 0 Å². The van der Waals surface area contributed by atoms with Gasteiger partial charge in [-0.3, -0.25) is 4.55 Å². The van der Waals surface area contributed by atoms with Crippen LogP contribution in [0.5, 0.6) is 5.75 Å². The van der Waals surface area contributed by atoms with Gasteiger partial charge in [0, 0.05) is 6.54 Å². The van der Waals surface area contributed by atoms with Gasteiger partial charge < -0.3 is 4.74 Å². The molecule has 0 aromatic heterocycles. The molecule has 1 rings (SSSR count). The second-order valence-electron chi connectivity index (χ2n) is 8.34. The fourth-order valence-corrected chi connectivity index (χ4v) is 4.03. The van der Waals surface area contributed by atoms with Crippen molar-refractivity contribution >= 4 is 11.3 Å². The number of benzene rings is 1. The Balaban J connectivity index is 1.95. The molecule has 1 aromatic rings. The van der Waals surface area contributed by atoms with Crippen LogP contribution >= 0.6 is 0 Å². The number of ether oxygens (including phenoxy) is 1. The van der Waals surface area contributed by atoms with E-state index >= 15 is 0 Å². The van der Waals surface area contributed by atoms with Crippen LogP contribution in [0.2, 0.25) is 0 Å². The largest absolute Gasteiger partial charge is 0.494 e. The maximum atomic E-state index is 10.5. The topological polar surface area (TPSA) is 58.6 Å². The number of aryl methyl sites for hydroxylation is 1. The molecule has 4 nitrogen and oxygen atoms in total. The Kier molecular flexibility index (Phi) is 18.1. The molecule has 30 heavy (non-hydrogen) atoms. The molecule has 0 bridgehead atoms. The van der Waals surface area contributed by atoms with Gasteiger partial charge in [-0.05, 0) is 43.4 Å². The fourth-order valence-electron chi connectivity index (χ4n) is 3.71. The van der Waals surface area contributed by atoms with Crippen LogP contribution in [0, 0.1) is 0 Å². The molecule has 0 aliphatic carbocycles. The van der Waals surface area contributed by atoms with Gasteiger partial charge in [0.1, 0.15) is 5.75 Å². The maximum Gasteiger partial charge on any atom is 0.231 e. The lowest BCUT2D eigenvalue weighted by Gasteiger charge is -2.08. The number of hydrogen-bond donors (Lipinski definition) is 2. The van der Waals surface area contributed by atoms with Crippen molar-refractivity contribution in [3.05, 3.63) is 29.8 Å². The Morgan fingerprint density at radius 2 is 1.43 bits per heavy atom. The zero-order valence-electron chi connectivity index (χ0n) is 19.2. The zero-order chi connectivity index (χ0) is 21.7. The first-order valence-corrected chi connectivity index (χ1v) is 13.4. The van der Waals surface area contributed by atoms with E-state index in [2.05, 4.69) is 29.8 Å². The molecule has 1 unspecified atom stereocenters. The van der Waals surface area contributed by atoms with Crippen molar-refractivity contribution in [1.29, 1.82) is 0 Å². The summed E-state index contributed by atoms with van der Waals surface area (Å²) in [5.74, 6) is 0.931. The van der Waals surface area contributed by atoms with E-state index in [9.17, 15) is 4.21 Å². The standard InChI is InChI=1S/C25H45NO3S/c1-2-3-4-5-6-7-8-9-10-11-12-13-14-18-24-19-17-20-25(23-24)29-22-16-15-21-26-30(27)28/h17,19-20,23,26H,2-16,18,21-22H2,1H3,(H,27,28). The fraction of sp³-hybridized carbons (Fsp3) is 0.760. The van der Waals surface area contributed by atoms with E-state index in [1.807, 2.05) is 6.07 Å². The molecular weight excluding hydrogens is 394 g/mol. The molecule has 1 atom stereocenters. The van der Waals surface area contributed by atoms with Crippen molar-refractivity contribution in [2.75, 3.05) is 13.2 Å². The smallest absolute Gasteiger partial charge is 0.231 e. The minimum atomic E-state index is -1.91. The Bertz CT molecular complexity index is 539. The Hall–Kier alpha value is -0.910. The van der Waals surface area contributed by atoms with E-state index in [1.54, 1.807) is 0 Å². The predicted octanol–water partition coefficient (Wildman–Crippen LogP) is 7.21. The van der Waals surface area contributed by atoms with Gasteiger partial charge in [-0.15, -0.1) is 0 Å². The molecular formula is C25H45NO3S. The molecule has 1 aromatic carbocycles. The molecule has 174 valence electrons. The van der Waals surface area contributed by atoms with Crippen molar-refractivity contribution in [3.63, 3.8) is 0 Å². The van der Waals surface area contributed by atoms with Gasteiger partial charge in [0.15, 0.2) is 0 Å². The van der Waals surface area contributed by atoms with Crippen LogP contribution in [0.3, 0.4) is 0 Å². The molecule has 2 N–H and O–H groups in total. The van der Waals surface area contributed by atoms with Gasteiger partial charge in [0.05, 0.1) is 6.61 Å². The minimum absolute atomic E-state index is 0.533. The first-order chi connectivity index (χ1) is 14.7. The molecule has 0 saturated heterocycles. The molecule has 0 amide bonds. The Morgan fingerprint density at radius 1 is 0.833 bits per heavy atom.